The number of ether oxygens (including phenoxy) is 3. The summed E-state index contributed by atoms with van der Waals surface area (Å²) in [6, 6.07) is 0.343. The summed E-state index contributed by atoms with van der Waals surface area (Å²) in [5.41, 5.74) is 1.38. The molecule has 3 aliphatic rings. The first-order valence-corrected chi connectivity index (χ1v) is 14.8. The fourth-order valence-electron chi connectivity index (χ4n) is 5.45. The summed E-state index contributed by atoms with van der Waals surface area (Å²) in [4.78, 5) is 11.1. The van der Waals surface area contributed by atoms with E-state index in [1.165, 1.54) is 96.3 Å². The minimum atomic E-state index is -0.381. The van der Waals surface area contributed by atoms with E-state index in [2.05, 4.69) is 27.4 Å². The van der Waals surface area contributed by atoms with Crippen molar-refractivity contribution in [1.82, 2.24) is 0 Å². The molecule has 0 bridgehead atoms. The molecular formula is C30H55ClO5. The molecule has 3 aliphatic carbocycles. The molecule has 3 saturated carbocycles. The van der Waals surface area contributed by atoms with E-state index in [4.69, 9.17) is 30.9 Å². The highest BCUT2D eigenvalue weighted by Crippen LogP contribution is 2.37. The van der Waals surface area contributed by atoms with Gasteiger partial charge in [0.1, 0.15) is 6.07 Å². The monoisotopic (exact) mass is 530 g/mol. The van der Waals surface area contributed by atoms with Crippen LogP contribution in [-0.4, -0.2) is 43.8 Å². The Morgan fingerprint density at radius 3 is 1.47 bits per heavy atom. The van der Waals surface area contributed by atoms with E-state index in [9.17, 15) is 4.79 Å². The Morgan fingerprint density at radius 1 is 0.750 bits per heavy atom. The molecule has 36 heavy (non-hydrogen) atoms. The van der Waals surface area contributed by atoms with Crippen LogP contribution in [0.5, 0.6) is 0 Å². The Labute approximate surface area is 226 Å². The van der Waals surface area contributed by atoms with Gasteiger partial charge in [-0.1, -0.05) is 96.7 Å². The Morgan fingerprint density at radius 2 is 1.14 bits per heavy atom. The van der Waals surface area contributed by atoms with Crippen molar-refractivity contribution in [2.24, 2.45) is 16.2 Å². The molecular weight excluding hydrogens is 476 g/mol. The average Bonchev–Trinajstić information content (AvgIpc) is 2.87. The second-order valence-corrected chi connectivity index (χ2v) is 12.6. The predicted molar refractivity (Wildman–Crippen MR) is 149 cm³/mol. The van der Waals surface area contributed by atoms with Gasteiger partial charge in [0.25, 0.3) is 0 Å². The normalized spacial score (nSPS) is 22.2. The van der Waals surface area contributed by atoms with Gasteiger partial charge in [-0.3, -0.25) is 0 Å². The second-order valence-electron chi connectivity index (χ2n) is 12.4. The smallest absolute Gasteiger partial charge is 0.335 e. The maximum Gasteiger partial charge on any atom is 0.335 e. The fraction of sp³-hybridized carbons (Fsp3) is 0.900. The van der Waals surface area contributed by atoms with E-state index in [0.717, 1.165) is 6.61 Å². The number of halogens is 1. The molecule has 0 spiro atoms. The molecule has 0 radical (unpaired) electrons. The molecule has 5 nitrogen and oxygen atoms in total. The largest absolute Gasteiger partial charge is 0.435 e. The van der Waals surface area contributed by atoms with Crippen molar-refractivity contribution in [3.8, 4) is 0 Å². The quantitative estimate of drug-likeness (QED) is 0.107. The molecule has 212 valence electrons. The molecule has 0 atom stereocenters. The zero-order valence-electron chi connectivity index (χ0n) is 23.8. The topological polar surface area (TPSA) is 65.0 Å². The third-order valence-corrected chi connectivity index (χ3v) is 8.32. The van der Waals surface area contributed by atoms with Gasteiger partial charge >= 0.3 is 5.97 Å². The van der Waals surface area contributed by atoms with E-state index in [-0.39, 0.29) is 23.6 Å². The third-order valence-electron chi connectivity index (χ3n) is 8.16. The maximum absolute atomic E-state index is 11.1. The van der Waals surface area contributed by atoms with Crippen molar-refractivity contribution < 1.29 is 24.1 Å². The van der Waals surface area contributed by atoms with Gasteiger partial charge in [-0.25, -0.2) is 4.79 Å². The van der Waals surface area contributed by atoms with Gasteiger partial charge in [0.15, 0.2) is 6.79 Å². The summed E-state index contributed by atoms with van der Waals surface area (Å²) in [6.07, 6.45) is 19.5. The summed E-state index contributed by atoms with van der Waals surface area (Å²) in [5, 5.41) is 8.95. The molecule has 0 aromatic heterocycles. The van der Waals surface area contributed by atoms with Crippen LogP contribution in [0.15, 0.2) is 12.2 Å². The van der Waals surface area contributed by atoms with Crippen LogP contribution < -0.4 is 0 Å². The van der Waals surface area contributed by atoms with Crippen molar-refractivity contribution in [3.05, 3.63) is 12.2 Å². The van der Waals surface area contributed by atoms with E-state index >= 15 is 0 Å². The van der Waals surface area contributed by atoms with Crippen LogP contribution in [0.3, 0.4) is 0 Å². The van der Waals surface area contributed by atoms with E-state index in [1.54, 1.807) is 6.92 Å². The van der Waals surface area contributed by atoms with Gasteiger partial charge in [0.05, 0.1) is 13.2 Å². The van der Waals surface area contributed by atoms with Crippen LogP contribution in [0.4, 0.5) is 0 Å². The summed E-state index contributed by atoms with van der Waals surface area (Å²) >= 11 is 5.46. The highest BCUT2D eigenvalue weighted by Gasteiger charge is 2.28. The molecule has 3 rings (SSSR count). The van der Waals surface area contributed by atoms with Gasteiger partial charge in [-0.15, -0.1) is 0 Å². The minimum Gasteiger partial charge on any atom is -0.435 e. The fourth-order valence-corrected chi connectivity index (χ4v) is 5.53. The first-order chi connectivity index (χ1) is 17.1. The van der Waals surface area contributed by atoms with Crippen LogP contribution in [0, 0.1) is 16.2 Å². The highest BCUT2D eigenvalue weighted by atomic mass is 35.5. The highest BCUT2D eigenvalue weighted by molar-refractivity contribution is 6.17. The van der Waals surface area contributed by atoms with Crippen molar-refractivity contribution in [3.63, 3.8) is 0 Å². The third kappa shape index (κ3) is 14.4. The Bertz CT molecular complexity index is 602. The predicted octanol–water partition coefficient (Wildman–Crippen LogP) is 8.17. The Hall–Kier alpha value is -0.620. The number of rotatable bonds is 9. The number of hydrogen-bond donors (Lipinski definition) is 1. The van der Waals surface area contributed by atoms with Gasteiger partial charge in [-0.05, 0) is 61.7 Å². The number of carbonyl (C=O) groups excluding carboxylic acids is 1. The van der Waals surface area contributed by atoms with Crippen molar-refractivity contribution in [2.45, 2.75) is 124 Å². The lowest BCUT2D eigenvalue weighted by molar-refractivity contribution is -0.154. The zero-order valence-corrected chi connectivity index (χ0v) is 24.6. The maximum atomic E-state index is 11.1. The van der Waals surface area contributed by atoms with Crippen molar-refractivity contribution in [1.29, 1.82) is 0 Å². The van der Waals surface area contributed by atoms with E-state index in [1.807, 2.05) is 0 Å². The minimum absolute atomic E-state index is 0.0429. The lowest BCUT2D eigenvalue weighted by Crippen LogP contribution is -2.27. The SMILES string of the molecule is C=C(C)C(=O)OCOCC1(C)CCCCC1.CC1(CO)CCCCC1.CC1(COCCl)CCCCC1. The summed E-state index contributed by atoms with van der Waals surface area (Å²) < 4.78 is 15.5. The zero-order chi connectivity index (χ0) is 26.9. The first kappa shape index (κ1) is 33.4. The molecule has 0 saturated heterocycles. The molecule has 0 heterocycles. The molecule has 0 aliphatic heterocycles. The molecule has 0 aromatic carbocycles. The standard InChI is InChI=1S/C13H22O3.C9H17ClO.C8H16O/c1-11(2)12(14)16-10-15-9-13(3)7-5-4-6-8-13;1-9(7-11-8-10)5-3-2-4-6-9;1-8(7-9)5-3-2-4-6-8/h1,4-10H2,2-3H3;2-8H2,1H3;9H,2-7H2,1H3. The van der Waals surface area contributed by atoms with Gasteiger partial charge in [0.2, 0.25) is 0 Å². The molecule has 0 aromatic rings. The Kier molecular flexibility index (Phi) is 16.5. The molecule has 0 amide bonds. The molecule has 1 N–H and O–H groups in total. The number of esters is 1. The average molecular weight is 531 g/mol. The number of alkyl halides is 1. The molecule has 3 fully saturated rings. The Balaban J connectivity index is 0.000000283. The number of hydrogen-bond acceptors (Lipinski definition) is 5. The van der Waals surface area contributed by atoms with E-state index in [0.29, 0.717) is 30.3 Å². The number of aliphatic hydroxyl groups is 1. The molecule has 0 unspecified atom stereocenters. The van der Waals surface area contributed by atoms with Crippen molar-refractivity contribution >= 4 is 17.6 Å². The summed E-state index contributed by atoms with van der Waals surface area (Å²) in [7, 11) is 0. The number of aliphatic hydroxyl groups excluding tert-OH is 1. The summed E-state index contributed by atoms with van der Waals surface area (Å²) in [5.74, 6) is -0.381. The van der Waals surface area contributed by atoms with Gasteiger partial charge in [0, 0.05) is 12.2 Å². The van der Waals surface area contributed by atoms with Crippen LogP contribution in [-0.2, 0) is 19.0 Å². The van der Waals surface area contributed by atoms with Crippen LogP contribution in [0.2, 0.25) is 0 Å². The van der Waals surface area contributed by atoms with Crippen LogP contribution in [0.1, 0.15) is 124 Å². The first-order valence-electron chi connectivity index (χ1n) is 14.2. The lowest BCUT2D eigenvalue weighted by Gasteiger charge is -2.32. The molecule has 6 heteroatoms. The lowest BCUT2D eigenvalue weighted by atomic mass is 9.76. The number of carbonyl (C=O) groups is 1. The van der Waals surface area contributed by atoms with Crippen LogP contribution in [0.25, 0.3) is 0 Å². The van der Waals surface area contributed by atoms with E-state index < -0.39 is 0 Å². The second kappa shape index (κ2) is 17.8. The van der Waals surface area contributed by atoms with Crippen molar-refractivity contribution in [2.75, 3.05) is 32.7 Å². The van der Waals surface area contributed by atoms with Gasteiger partial charge < -0.3 is 19.3 Å². The van der Waals surface area contributed by atoms with Gasteiger partial charge in [-0.2, -0.15) is 0 Å². The van der Waals surface area contributed by atoms with Crippen LogP contribution >= 0.6 is 11.6 Å². The summed E-state index contributed by atoms with van der Waals surface area (Å²) in [6.45, 7) is 13.8.